The molecule has 6 nitrogen and oxygen atoms in total. The van der Waals surface area contributed by atoms with Crippen molar-refractivity contribution >= 4 is 17.4 Å². The van der Waals surface area contributed by atoms with Gasteiger partial charge in [-0.05, 0) is 17.7 Å². The Labute approximate surface area is 121 Å². The maximum absolute atomic E-state index is 9.83. The second-order valence-corrected chi connectivity index (χ2v) is 4.78. The second-order valence-electron chi connectivity index (χ2n) is 4.22. The molecule has 2 N–H and O–H groups in total. The van der Waals surface area contributed by atoms with E-state index in [0.717, 1.165) is 23.0 Å². The molecule has 0 amide bonds. The van der Waals surface area contributed by atoms with Crippen LogP contribution in [0.4, 0.5) is 5.69 Å². The van der Waals surface area contributed by atoms with E-state index in [4.69, 9.17) is 9.47 Å². The van der Waals surface area contributed by atoms with Crippen LogP contribution in [-0.2, 0) is 11.3 Å². The van der Waals surface area contributed by atoms with Crippen LogP contribution in [0, 0.1) is 0 Å². The Morgan fingerprint density at radius 2 is 2.35 bits per heavy atom. The molecule has 0 saturated carbocycles. The van der Waals surface area contributed by atoms with Crippen LogP contribution in [-0.4, -0.2) is 40.2 Å². The lowest BCUT2D eigenvalue weighted by molar-refractivity contribution is 0.115. The molecule has 2 rings (SSSR count). The fourth-order valence-corrected chi connectivity index (χ4v) is 2.00. The maximum Gasteiger partial charge on any atom is 0.245 e. The van der Waals surface area contributed by atoms with Crippen molar-refractivity contribution in [3.05, 3.63) is 36.0 Å². The number of anilines is 1. The van der Waals surface area contributed by atoms with Crippen LogP contribution in [0.1, 0.15) is 5.56 Å². The van der Waals surface area contributed by atoms with Gasteiger partial charge < -0.3 is 19.9 Å². The number of nitrogens with zero attached hydrogens (tertiary/aromatic N) is 2. The van der Waals surface area contributed by atoms with Crippen LogP contribution in [0.25, 0.3) is 0 Å². The number of hydrogen-bond acceptors (Lipinski definition) is 7. The molecule has 0 radical (unpaired) electrons. The number of rotatable bonds is 8. The highest BCUT2D eigenvalue weighted by Crippen LogP contribution is 2.11. The highest BCUT2D eigenvalue weighted by molar-refractivity contribution is 6.99. The predicted molar refractivity (Wildman–Crippen MR) is 77.1 cm³/mol. The summed E-state index contributed by atoms with van der Waals surface area (Å²) in [5, 5.41) is 13.0. The number of ether oxygens (including phenoxy) is 2. The lowest BCUT2D eigenvalue weighted by Gasteiger charge is -2.13. The third-order valence-electron chi connectivity index (χ3n) is 2.54. The first-order chi connectivity index (χ1) is 9.78. The molecule has 0 saturated heterocycles. The summed E-state index contributed by atoms with van der Waals surface area (Å²) in [6.45, 7) is 1.14. The Morgan fingerprint density at radius 1 is 1.45 bits per heavy atom. The molecule has 0 aliphatic rings. The number of aliphatic hydroxyl groups excluding tert-OH is 1. The number of nitrogens with one attached hydrogen (secondary N) is 1. The van der Waals surface area contributed by atoms with Gasteiger partial charge >= 0.3 is 0 Å². The van der Waals surface area contributed by atoms with E-state index in [1.54, 1.807) is 7.11 Å². The summed E-state index contributed by atoms with van der Waals surface area (Å²) < 4.78 is 18.1. The van der Waals surface area contributed by atoms with Gasteiger partial charge in [0.15, 0.2) is 0 Å². The predicted octanol–water partition coefficient (Wildman–Crippen LogP) is 1.54. The summed E-state index contributed by atoms with van der Waals surface area (Å²) in [6, 6.07) is 7.86. The minimum Gasteiger partial charge on any atom is -0.473 e. The smallest absolute Gasteiger partial charge is 0.245 e. The highest BCUT2D eigenvalue weighted by atomic mass is 32.1. The van der Waals surface area contributed by atoms with Gasteiger partial charge in [0.2, 0.25) is 5.88 Å². The van der Waals surface area contributed by atoms with Crippen LogP contribution in [0.5, 0.6) is 5.88 Å². The second kappa shape index (κ2) is 7.78. The molecule has 0 spiro atoms. The van der Waals surface area contributed by atoms with Gasteiger partial charge in [0.1, 0.15) is 18.9 Å². The molecule has 1 atom stereocenters. The van der Waals surface area contributed by atoms with E-state index >= 15 is 0 Å². The van der Waals surface area contributed by atoms with Crippen molar-refractivity contribution in [2.24, 2.45) is 0 Å². The van der Waals surface area contributed by atoms with E-state index in [0.29, 0.717) is 19.0 Å². The Morgan fingerprint density at radius 3 is 3.10 bits per heavy atom. The zero-order valence-corrected chi connectivity index (χ0v) is 12.0. The lowest BCUT2D eigenvalue weighted by Crippen LogP contribution is -2.26. The van der Waals surface area contributed by atoms with Crippen LogP contribution in [0.2, 0.25) is 0 Å². The summed E-state index contributed by atoms with van der Waals surface area (Å²) in [5.74, 6) is 0.441. The fourth-order valence-electron chi connectivity index (χ4n) is 1.63. The quantitative estimate of drug-likeness (QED) is 0.769. The van der Waals surface area contributed by atoms with Crippen LogP contribution in [0.15, 0.2) is 30.5 Å². The number of hydrogen-bond donors (Lipinski definition) is 2. The molecule has 0 bridgehead atoms. The van der Waals surface area contributed by atoms with Crippen molar-refractivity contribution in [3.8, 4) is 5.88 Å². The molecule has 1 aromatic heterocycles. The summed E-state index contributed by atoms with van der Waals surface area (Å²) in [4.78, 5) is 0. The van der Waals surface area contributed by atoms with Crippen molar-refractivity contribution in [2.75, 3.05) is 25.6 Å². The molecule has 108 valence electrons. The van der Waals surface area contributed by atoms with Gasteiger partial charge in [0.25, 0.3) is 0 Å². The largest absolute Gasteiger partial charge is 0.473 e. The minimum atomic E-state index is -0.622. The molecular weight excluding hydrogens is 278 g/mol. The van der Waals surface area contributed by atoms with Crippen molar-refractivity contribution < 1.29 is 14.6 Å². The van der Waals surface area contributed by atoms with Crippen molar-refractivity contribution in [2.45, 2.75) is 12.7 Å². The first-order valence-corrected chi connectivity index (χ1v) is 6.91. The minimum absolute atomic E-state index is 0.177. The third kappa shape index (κ3) is 4.76. The summed E-state index contributed by atoms with van der Waals surface area (Å²) >= 11 is 1.07. The molecule has 1 heterocycles. The normalized spacial score (nSPS) is 12.1. The number of methoxy groups -OCH3 is 1. The molecule has 0 fully saturated rings. The Hall–Kier alpha value is -1.70. The van der Waals surface area contributed by atoms with E-state index in [9.17, 15) is 5.11 Å². The van der Waals surface area contributed by atoms with Crippen LogP contribution >= 0.6 is 11.7 Å². The lowest BCUT2D eigenvalue weighted by atomic mass is 10.2. The van der Waals surface area contributed by atoms with E-state index in [1.165, 1.54) is 6.20 Å². The van der Waals surface area contributed by atoms with Gasteiger partial charge in [-0.25, -0.2) is 0 Å². The molecule has 2 aromatic rings. The van der Waals surface area contributed by atoms with Crippen LogP contribution < -0.4 is 10.1 Å². The SMILES string of the molecule is COCc1cccc(NCC(O)COc2cnsn2)c1. The van der Waals surface area contributed by atoms with E-state index < -0.39 is 6.10 Å². The standard InChI is InChI=1S/C13H17N3O3S/c1-18-8-10-3-2-4-11(5-10)14-6-12(17)9-19-13-7-15-20-16-13/h2-5,7,12,14,17H,6,8-9H2,1H3. The van der Waals surface area contributed by atoms with Gasteiger partial charge in [0, 0.05) is 19.3 Å². The van der Waals surface area contributed by atoms with E-state index in [-0.39, 0.29) is 6.61 Å². The topological polar surface area (TPSA) is 76.5 Å². The third-order valence-corrected chi connectivity index (χ3v) is 3.01. The van der Waals surface area contributed by atoms with Crippen molar-refractivity contribution in [3.63, 3.8) is 0 Å². The Kier molecular flexibility index (Phi) is 5.72. The Balaban J connectivity index is 1.75. The zero-order chi connectivity index (χ0) is 14.2. The summed E-state index contributed by atoms with van der Waals surface area (Å²) in [5.41, 5.74) is 2.02. The maximum atomic E-state index is 9.83. The van der Waals surface area contributed by atoms with Crippen molar-refractivity contribution in [1.29, 1.82) is 0 Å². The number of aliphatic hydroxyl groups is 1. The highest BCUT2D eigenvalue weighted by Gasteiger charge is 2.06. The summed E-state index contributed by atoms with van der Waals surface area (Å²) in [6.07, 6.45) is 0.904. The first-order valence-electron chi connectivity index (χ1n) is 6.18. The zero-order valence-electron chi connectivity index (χ0n) is 11.2. The molecule has 7 heteroatoms. The molecule has 20 heavy (non-hydrogen) atoms. The average molecular weight is 295 g/mol. The first kappa shape index (κ1) is 14.7. The molecule has 0 aliphatic heterocycles. The van der Waals surface area contributed by atoms with Gasteiger partial charge in [-0.15, -0.1) is 4.37 Å². The monoisotopic (exact) mass is 295 g/mol. The average Bonchev–Trinajstić information content (AvgIpc) is 2.97. The van der Waals surface area contributed by atoms with E-state index in [1.807, 2.05) is 24.3 Å². The van der Waals surface area contributed by atoms with Gasteiger partial charge in [-0.1, -0.05) is 12.1 Å². The number of benzene rings is 1. The van der Waals surface area contributed by atoms with Crippen molar-refractivity contribution in [1.82, 2.24) is 8.75 Å². The van der Waals surface area contributed by atoms with Gasteiger partial charge in [-0.2, -0.15) is 4.37 Å². The summed E-state index contributed by atoms with van der Waals surface area (Å²) in [7, 11) is 1.66. The molecule has 0 aliphatic carbocycles. The Bertz CT molecular complexity index is 507. The van der Waals surface area contributed by atoms with E-state index in [2.05, 4.69) is 14.1 Å². The number of aromatic nitrogens is 2. The fraction of sp³-hybridized carbons (Fsp3) is 0.385. The molecular formula is C13H17N3O3S. The van der Waals surface area contributed by atoms with Gasteiger partial charge in [-0.3, -0.25) is 0 Å². The molecule has 1 unspecified atom stereocenters. The van der Waals surface area contributed by atoms with Gasteiger partial charge in [0.05, 0.1) is 18.3 Å². The van der Waals surface area contributed by atoms with Crippen LogP contribution in [0.3, 0.4) is 0 Å². The molecule has 1 aromatic carbocycles.